The number of likely N-dealkylation sites (N-methyl/N-ethyl adjacent to an activating group) is 1. The predicted molar refractivity (Wildman–Crippen MR) is 56.7 cm³/mol. The molecule has 1 aromatic rings. The molecule has 0 saturated heterocycles. The van der Waals surface area contributed by atoms with Crippen LogP contribution in [-0.4, -0.2) is 31.1 Å². The first kappa shape index (κ1) is 12.6. The van der Waals surface area contributed by atoms with E-state index in [-0.39, 0.29) is 17.9 Å². The summed E-state index contributed by atoms with van der Waals surface area (Å²) in [5, 5.41) is 8.91. The standard InChI is InChI=1S/C11H13F2NO2/c1-7(5-15)14(2)11-9(12)3-8(6-16)4-10(11)13/h3-4,6-7,15H,5H2,1-2H3. The van der Waals surface area contributed by atoms with Crippen molar-refractivity contribution in [3.05, 3.63) is 29.3 Å². The number of nitrogens with zero attached hydrogens (tertiary/aromatic N) is 1. The summed E-state index contributed by atoms with van der Waals surface area (Å²) in [6.45, 7) is 1.41. The molecule has 0 heterocycles. The van der Waals surface area contributed by atoms with Crippen LogP contribution in [0.25, 0.3) is 0 Å². The highest BCUT2D eigenvalue weighted by atomic mass is 19.1. The zero-order chi connectivity index (χ0) is 12.3. The number of halogens is 2. The highest BCUT2D eigenvalue weighted by Crippen LogP contribution is 2.24. The summed E-state index contributed by atoms with van der Waals surface area (Å²) in [5.41, 5.74) is -0.295. The maximum Gasteiger partial charge on any atom is 0.150 e. The average Bonchev–Trinajstić information content (AvgIpc) is 2.26. The van der Waals surface area contributed by atoms with Gasteiger partial charge in [0.25, 0.3) is 0 Å². The van der Waals surface area contributed by atoms with Crippen LogP contribution in [0.15, 0.2) is 12.1 Å². The molecule has 0 amide bonds. The Kier molecular flexibility index (Phi) is 3.95. The van der Waals surface area contributed by atoms with E-state index in [4.69, 9.17) is 5.11 Å². The molecule has 0 spiro atoms. The van der Waals surface area contributed by atoms with E-state index in [9.17, 15) is 13.6 Å². The summed E-state index contributed by atoms with van der Waals surface area (Å²) in [6.07, 6.45) is 0.380. The Balaban J connectivity index is 3.18. The van der Waals surface area contributed by atoms with Crippen molar-refractivity contribution >= 4 is 12.0 Å². The fourth-order valence-electron chi connectivity index (χ4n) is 1.33. The molecule has 1 rings (SSSR count). The lowest BCUT2D eigenvalue weighted by Gasteiger charge is -2.26. The minimum atomic E-state index is -0.815. The number of hydrogen-bond donors (Lipinski definition) is 1. The van der Waals surface area contributed by atoms with Gasteiger partial charge in [0.15, 0.2) is 0 Å². The number of aldehydes is 1. The van der Waals surface area contributed by atoms with Crippen LogP contribution in [0.5, 0.6) is 0 Å². The van der Waals surface area contributed by atoms with Crippen LogP contribution in [0.1, 0.15) is 17.3 Å². The third-order valence-corrected chi connectivity index (χ3v) is 2.45. The highest BCUT2D eigenvalue weighted by molar-refractivity contribution is 5.76. The van der Waals surface area contributed by atoms with Crippen molar-refractivity contribution in [1.29, 1.82) is 0 Å². The summed E-state index contributed by atoms with van der Waals surface area (Å²) >= 11 is 0. The molecule has 5 heteroatoms. The van der Waals surface area contributed by atoms with E-state index in [0.717, 1.165) is 12.1 Å². The first-order chi connectivity index (χ1) is 7.51. The first-order valence-corrected chi connectivity index (χ1v) is 4.79. The molecule has 1 aromatic carbocycles. The zero-order valence-electron chi connectivity index (χ0n) is 9.08. The van der Waals surface area contributed by atoms with E-state index in [0.29, 0.717) is 6.29 Å². The molecule has 16 heavy (non-hydrogen) atoms. The van der Waals surface area contributed by atoms with Gasteiger partial charge in [-0.2, -0.15) is 0 Å². The van der Waals surface area contributed by atoms with Crippen molar-refractivity contribution in [2.75, 3.05) is 18.6 Å². The second kappa shape index (κ2) is 5.03. The molecule has 1 N–H and O–H groups in total. The van der Waals surface area contributed by atoms with Crippen molar-refractivity contribution in [2.45, 2.75) is 13.0 Å². The Labute approximate surface area is 92.3 Å². The monoisotopic (exact) mass is 229 g/mol. The van der Waals surface area contributed by atoms with Gasteiger partial charge >= 0.3 is 0 Å². The molecule has 88 valence electrons. The molecular weight excluding hydrogens is 216 g/mol. The van der Waals surface area contributed by atoms with Gasteiger partial charge in [-0.25, -0.2) is 8.78 Å². The number of carbonyl (C=O) groups is 1. The van der Waals surface area contributed by atoms with Gasteiger partial charge in [-0.3, -0.25) is 4.79 Å². The maximum absolute atomic E-state index is 13.5. The number of hydrogen-bond acceptors (Lipinski definition) is 3. The Hall–Kier alpha value is -1.49. The van der Waals surface area contributed by atoms with Crippen LogP contribution in [0, 0.1) is 11.6 Å². The van der Waals surface area contributed by atoms with Crippen LogP contribution in [0.3, 0.4) is 0 Å². The van der Waals surface area contributed by atoms with Gasteiger partial charge in [0.05, 0.1) is 6.61 Å². The molecule has 0 bridgehead atoms. The lowest BCUT2D eigenvalue weighted by Crippen LogP contribution is -2.33. The molecule has 0 radical (unpaired) electrons. The van der Waals surface area contributed by atoms with Gasteiger partial charge in [0, 0.05) is 18.7 Å². The topological polar surface area (TPSA) is 40.5 Å². The summed E-state index contributed by atoms with van der Waals surface area (Å²) in [7, 11) is 1.48. The lowest BCUT2D eigenvalue weighted by atomic mass is 10.1. The third-order valence-electron chi connectivity index (χ3n) is 2.45. The van der Waals surface area contributed by atoms with Gasteiger partial charge in [-0.05, 0) is 19.1 Å². The van der Waals surface area contributed by atoms with Crippen LogP contribution in [0.2, 0.25) is 0 Å². The lowest BCUT2D eigenvalue weighted by molar-refractivity contribution is 0.112. The van der Waals surface area contributed by atoms with Gasteiger partial charge in [-0.15, -0.1) is 0 Å². The van der Waals surface area contributed by atoms with E-state index in [1.54, 1.807) is 6.92 Å². The molecule has 1 unspecified atom stereocenters. The first-order valence-electron chi connectivity index (χ1n) is 4.79. The van der Waals surface area contributed by atoms with Gasteiger partial charge in [0.1, 0.15) is 23.6 Å². The van der Waals surface area contributed by atoms with Gasteiger partial charge < -0.3 is 10.0 Å². The zero-order valence-corrected chi connectivity index (χ0v) is 9.08. The smallest absolute Gasteiger partial charge is 0.150 e. The second-order valence-electron chi connectivity index (χ2n) is 3.59. The molecule has 1 atom stereocenters. The molecule has 3 nitrogen and oxygen atoms in total. The second-order valence-corrected chi connectivity index (χ2v) is 3.59. The normalized spacial score (nSPS) is 12.3. The molecule has 0 aromatic heterocycles. The molecule has 0 aliphatic carbocycles. The van der Waals surface area contributed by atoms with Crippen molar-refractivity contribution < 1.29 is 18.7 Å². The van der Waals surface area contributed by atoms with Crippen LogP contribution in [0.4, 0.5) is 14.5 Å². The van der Waals surface area contributed by atoms with E-state index < -0.39 is 17.7 Å². The molecular formula is C11H13F2NO2. The Bertz CT molecular complexity index is 373. The van der Waals surface area contributed by atoms with Crippen molar-refractivity contribution in [3.8, 4) is 0 Å². The van der Waals surface area contributed by atoms with Crippen molar-refractivity contribution in [2.24, 2.45) is 0 Å². The quantitative estimate of drug-likeness (QED) is 0.797. The largest absolute Gasteiger partial charge is 0.394 e. The number of benzene rings is 1. The van der Waals surface area contributed by atoms with E-state index in [1.807, 2.05) is 0 Å². The predicted octanol–water partition coefficient (Wildman–Crippen LogP) is 1.59. The van der Waals surface area contributed by atoms with E-state index >= 15 is 0 Å². The van der Waals surface area contributed by atoms with Gasteiger partial charge in [-0.1, -0.05) is 0 Å². The molecule has 0 saturated carbocycles. The number of carbonyl (C=O) groups excluding carboxylic acids is 1. The van der Waals surface area contributed by atoms with E-state index in [2.05, 4.69) is 0 Å². The third kappa shape index (κ3) is 2.36. The van der Waals surface area contributed by atoms with Crippen molar-refractivity contribution in [1.82, 2.24) is 0 Å². The summed E-state index contributed by atoms with van der Waals surface area (Å²) < 4.78 is 27.0. The summed E-state index contributed by atoms with van der Waals surface area (Å²) in [4.78, 5) is 11.7. The Morgan fingerprint density at radius 3 is 2.31 bits per heavy atom. The van der Waals surface area contributed by atoms with Gasteiger partial charge in [0.2, 0.25) is 0 Å². The Morgan fingerprint density at radius 2 is 1.94 bits per heavy atom. The van der Waals surface area contributed by atoms with Crippen molar-refractivity contribution in [3.63, 3.8) is 0 Å². The summed E-state index contributed by atoms with van der Waals surface area (Å²) in [6, 6.07) is 1.52. The minimum absolute atomic E-state index is 0.0520. The molecule has 0 aliphatic heterocycles. The number of anilines is 1. The van der Waals surface area contributed by atoms with Crippen LogP contribution in [-0.2, 0) is 0 Å². The SMILES string of the molecule is CC(CO)N(C)c1c(F)cc(C=O)cc1F. The number of aliphatic hydroxyl groups is 1. The summed E-state index contributed by atoms with van der Waals surface area (Å²) in [5.74, 6) is -1.63. The number of rotatable bonds is 4. The minimum Gasteiger partial charge on any atom is -0.394 e. The fourth-order valence-corrected chi connectivity index (χ4v) is 1.33. The Morgan fingerprint density at radius 1 is 1.44 bits per heavy atom. The fraction of sp³-hybridized carbons (Fsp3) is 0.364. The highest BCUT2D eigenvalue weighted by Gasteiger charge is 2.18. The molecule has 0 aliphatic rings. The maximum atomic E-state index is 13.5. The van der Waals surface area contributed by atoms with Crippen LogP contribution < -0.4 is 4.90 Å². The average molecular weight is 229 g/mol. The molecule has 0 fully saturated rings. The number of aliphatic hydroxyl groups excluding tert-OH is 1. The van der Waals surface area contributed by atoms with E-state index in [1.165, 1.54) is 11.9 Å². The van der Waals surface area contributed by atoms with Crippen LogP contribution >= 0.6 is 0 Å².